The molecule has 1 heterocycles. The maximum atomic E-state index is 12.0. The summed E-state index contributed by atoms with van der Waals surface area (Å²) in [5, 5.41) is 5.43. The summed E-state index contributed by atoms with van der Waals surface area (Å²) in [5.74, 6) is -1.09. The molecule has 136 valence electrons. The molecular weight excluding hydrogens is 368 g/mol. The van der Waals surface area contributed by atoms with Gasteiger partial charge in [0.15, 0.2) is 15.6 Å². The zero-order valence-electron chi connectivity index (χ0n) is 13.5. The number of Topliss-reactive ketones (excluding diaryl/α,β-unsaturated/α-hetero) is 1. The Morgan fingerprint density at radius 2 is 1.92 bits per heavy atom. The first-order valence-electron chi connectivity index (χ1n) is 7.80. The number of halogens is 1. The lowest BCUT2D eigenvalue weighted by Crippen LogP contribution is -2.42. The van der Waals surface area contributed by atoms with Gasteiger partial charge in [-0.25, -0.2) is 8.42 Å². The number of ketones is 1. The zero-order valence-corrected chi connectivity index (χ0v) is 15.0. The number of carbonyl (C=O) groups excluding carboxylic acids is 3. The first-order valence-corrected chi connectivity index (χ1v) is 10.0. The van der Waals surface area contributed by atoms with Crippen LogP contribution in [0.4, 0.5) is 0 Å². The summed E-state index contributed by atoms with van der Waals surface area (Å²) in [6, 6.07) is 6.06. The van der Waals surface area contributed by atoms with Crippen molar-refractivity contribution in [2.45, 2.75) is 25.3 Å². The van der Waals surface area contributed by atoms with Crippen LogP contribution < -0.4 is 10.6 Å². The molecule has 1 atom stereocenters. The van der Waals surface area contributed by atoms with Crippen molar-refractivity contribution in [3.63, 3.8) is 0 Å². The van der Waals surface area contributed by atoms with Crippen molar-refractivity contribution >= 4 is 39.0 Å². The molecule has 1 aliphatic heterocycles. The average Bonchev–Trinajstić information content (AvgIpc) is 2.89. The van der Waals surface area contributed by atoms with Crippen molar-refractivity contribution in [2.75, 3.05) is 18.1 Å². The first kappa shape index (κ1) is 19.4. The number of hydrogen-bond donors (Lipinski definition) is 2. The van der Waals surface area contributed by atoms with E-state index in [-0.39, 0.29) is 36.7 Å². The average molecular weight is 387 g/mol. The SMILES string of the molecule is O=C(CCC(=O)c1cccc(Cl)c1)NCC(=O)NC1CCS(=O)(=O)C1. The Balaban J connectivity index is 1.68. The molecule has 1 aromatic carbocycles. The van der Waals surface area contributed by atoms with Gasteiger partial charge in [0.05, 0.1) is 18.1 Å². The van der Waals surface area contributed by atoms with Gasteiger partial charge in [0, 0.05) is 29.5 Å². The van der Waals surface area contributed by atoms with Crippen molar-refractivity contribution < 1.29 is 22.8 Å². The lowest BCUT2D eigenvalue weighted by Gasteiger charge is -2.11. The number of amides is 2. The van der Waals surface area contributed by atoms with Gasteiger partial charge in [-0.05, 0) is 18.6 Å². The third kappa shape index (κ3) is 6.47. The van der Waals surface area contributed by atoms with Gasteiger partial charge in [-0.3, -0.25) is 14.4 Å². The highest BCUT2D eigenvalue weighted by Crippen LogP contribution is 2.13. The number of sulfone groups is 1. The van der Waals surface area contributed by atoms with Crippen LogP contribution in [0.2, 0.25) is 5.02 Å². The van der Waals surface area contributed by atoms with Crippen molar-refractivity contribution in [3.8, 4) is 0 Å². The molecule has 2 N–H and O–H groups in total. The molecule has 1 fully saturated rings. The van der Waals surface area contributed by atoms with Crippen LogP contribution in [0.3, 0.4) is 0 Å². The van der Waals surface area contributed by atoms with E-state index in [9.17, 15) is 22.8 Å². The fourth-order valence-electron chi connectivity index (χ4n) is 2.49. The number of nitrogens with one attached hydrogen (secondary N) is 2. The Bertz CT molecular complexity index is 778. The fraction of sp³-hybridized carbons (Fsp3) is 0.438. The normalized spacial score (nSPS) is 18.5. The van der Waals surface area contributed by atoms with Crippen LogP contribution in [-0.4, -0.2) is 50.1 Å². The van der Waals surface area contributed by atoms with Crippen LogP contribution >= 0.6 is 11.6 Å². The predicted octanol–water partition coefficient (Wildman–Crippen LogP) is 0.722. The maximum Gasteiger partial charge on any atom is 0.239 e. The number of hydrogen-bond acceptors (Lipinski definition) is 5. The van der Waals surface area contributed by atoms with E-state index < -0.39 is 27.7 Å². The Labute approximate surface area is 151 Å². The summed E-state index contributed by atoms with van der Waals surface area (Å²) >= 11 is 5.81. The number of carbonyl (C=O) groups is 3. The van der Waals surface area contributed by atoms with Crippen LogP contribution in [0, 0.1) is 0 Å². The van der Waals surface area contributed by atoms with Gasteiger partial charge in [0.1, 0.15) is 0 Å². The molecule has 2 amide bonds. The first-order chi connectivity index (χ1) is 11.7. The second-order valence-electron chi connectivity index (χ2n) is 5.88. The number of benzene rings is 1. The minimum Gasteiger partial charge on any atom is -0.351 e. The highest BCUT2D eigenvalue weighted by Gasteiger charge is 2.28. The summed E-state index contributed by atoms with van der Waals surface area (Å²) in [7, 11) is -3.07. The Morgan fingerprint density at radius 1 is 1.16 bits per heavy atom. The summed E-state index contributed by atoms with van der Waals surface area (Å²) in [6.45, 7) is -0.249. The van der Waals surface area contributed by atoms with Crippen molar-refractivity contribution in [3.05, 3.63) is 34.9 Å². The summed E-state index contributed by atoms with van der Waals surface area (Å²) in [4.78, 5) is 35.4. The molecule has 0 radical (unpaired) electrons. The standard InChI is InChI=1S/C16H19ClN2O5S/c17-12-3-1-2-11(8-12)14(20)4-5-15(21)18-9-16(22)19-13-6-7-25(23,24)10-13/h1-3,8,13H,4-7,9-10H2,(H,18,21)(H,19,22). The summed E-state index contributed by atoms with van der Waals surface area (Å²) in [6.07, 6.45) is 0.348. The van der Waals surface area contributed by atoms with Crippen LogP contribution in [0.15, 0.2) is 24.3 Å². The van der Waals surface area contributed by atoms with Gasteiger partial charge in [0.2, 0.25) is 11.8 Å². The Kier molecular flexibility index (Phi) is 6.55. The van der Waals surface area contributed by atoms with Gasteiger partial charge in [-0.15, -0.1) is 0 Å². The molecule has 1 aromatic rings. The van der Waals surface area contributed by atoms with E-state index in [1.807, 2.05) is 0 Å². The van der Waals surface area contributed by atoms with Gasteiger partial charge in [-0.1, -0.05) is 23.7 Å². The maximum absolute atomic E-state index is 12.0. The molecule has 25 heavy (non-hydrogen) atoms. The van der Waals surface area contributed by atoms with Gasteiger partial charge < -0.3 is 10.6 Å². The third-order valence-electron chi connectivity index (χ3n) is 3.77. The van der Waals surface area contributed by atoms with Gasteiger partial charge in [-0.2, -0.15) is 0 Å². The van der Waals surface area contributed by atoms with Crippen LogP contribution in [-0.2, 0) is 19.4 Å². The number of rotatable bonds is 7. The van der Waals surface area contributed by atoms with E-state index in [2.05, 4.69) is 10.6 Å². The predicted molar refractivity (Wildman–Crippen MR) is 93.2 cm³/mol. The summed E-state index contributed by atoms with van der Waals surface area (Å²) < 4.78 is 22.6. The van der Waals surface area contributed by atoms with Crippen molar-refractivity contribution in [1.82, 2.24) is 10.6 Å². The molecule has 0 aliphatic carbocycles. The molecule has 9 heteroatoms. The van der Waals surface area contributed by atoms with Crippen molar-refractivity contribution in [1.29, 1.82) is 0 Å². The topological polar surface area (TPSA) is 109 Å². The van der Waals surface area contributed by atoms with Crippen LogP contribution in [0.1, 0.15) is 29.6 Å². The lowest BCUT2D eigenvalue weighted by atomic mass is 10.1. The van der Waals surface area contributed by atoms with Crippen LogP contribution in [0.5, 0.6) is 0 Å². The van der Waals surface area contributed by atoms with Crippen molar-refractivity contribution in [2.24, 2.45) is 0 Å². The fourth-order valence-corrected chi connectivity index (χ4v) is 4.35. The third-order valence-corrected chi connectivity index (χ3v) is 5.77. The Hall–Kier alpha value is -1.93. The zero-order chi connectivity index (χ0) is 18.4. The van der Waals surface area contributed by atoms with E-state index in [1.54, 1.807) is 18.2 Å². The van der Waals surface area contributed by atoms with E-state index in [0.717, 1.165) is 0 Å². The molecule has 0 aromatic heterocycles. The molecule has 0 bridgehead atoms. The van der Waals surface area contributed by atoms with E-state index in [4.69, 9.17) is 11.6 Å². The highest BCUT2D eigenvalue weighted by molar-refractivity contribution is 7.91. The minimum atomic E-state index is -3.07. The molecule has 1 unspecified atom stereocenters. The van der Waals surface area contributed by atoms with E-state index in [1.165, 1.54) is 6.07 Å². The largest absolute Gasteiger partial charge is 0.351 e. The highest BCUT2D eigenvalue weighted by atomic mass is 35.5. The second kappa shape index (κ2) is 8.44. The monoisotopic (exact) mass is 386 g/mol. The minimum absolute atomic E-state index is 0.00859. The molecule has 0 saturated carbocycles. The van der Waals surface area contributed by atoms with Gasteiger partial charge in [0.25, 0.3) is 0 Å². The van der Waals surface area contributed by atoms with E-state index in [0.29, 0.717) is 17.0 Å². The molecule has 2 rings (SSSR count). The van der Waals surface area contributed by atoms with E-state index >= 15 is 0 Å². The molecule has 7 nitrogen and oxygen atoms in total. The smallest absolute Gasteiger partial charge is 0.239 e. The molecular formula is C16H19ClN2O5S. The quantitative estimate of drug-likeness (QED) is 0.671. The Morgan fingerprint density at radius 3 is 2.56 bits per heavy atom. The second-order valence-corrected chi connectivity index (χ2v) is 8.54. The summed E-state index contributed by atoms with van der Waals surface area (Å²) in [5.41, 5.74) is 0.431. The molecule has 1 aliphatic rings. The lowest BCUT2D eigenvalue weighted by molar-refractivity contribution is -0.126. The molecule has 1 saturated heterocycles. The van der Waals surface area contributed by atoms with Gasteiger partial charge >= 0.3 is 0 Å². The molecule has 0 spiro atoms. The van der Waals surface area contributed by atoms with Crippen LogP contribution in [0.25, 0.3) is 0 Å².